The van der Waals surface area contributed by atoms with Gasteiger partial charge in [-0.3, -0.25) is 4.79 Å². The number of imidazole rings is 1. The van der Waals surface area contributed by atoms with Crippen LogP contribution in [0.15, 0.2) is 24.3 Å². The number of nitrogens with zero attached hydrogens (tertiary/aromatic N) is 4. The van der Waals surface area contributed by atoms with Crippen molar-refractivity contribution in [3.8, 4) is 11.3 Å². The summed E-state index contributed by atoms with van der Waals surface area (Å²) < 4.78 is 14.5. The smallest absolute Gasteiger partial charge is 0.289 e. The lowest BCUT2D eigenvalue weighted by Gasteiger charge is -2.31. The van der Waals surface area contributed by atoms with E-state index in [1.807, 2.05) is 9.47 Å². The molecular weight excluding hydrogens is 403 g/mol. The van der Waals surface area contributed by atoms with Crippen LogP contribution < -0.4 is 0 Å². The van der Waals surface area contributed by atoms with E-state index in [0.29, 0.717) is 36.5 Å². The van der Waals surface area contributed by atoms with Gasteiger partial charge < -0.3 is 14.4 Å². The number of unbranched alkanes of at least 4 members (excludes halogenated alkanes) is 1. The van der Waals surface area contributed by atoms with Crippen LogP contribution >= 0.6 is 11.6 Å². The average Bonchev–Trinajstić information content (AvgIpc) is 3.11. The van der Waals surface area contributed by atoms with Crippen molar-refractivity contribution in [2.45, 2.75) is 45.1 Å². The minimum Gasteiger partial charge on any atom is -0.334 e. The molecule has 2 aliphatic rings. The second-order valence-corrected chi connectivity index (χ2v) is 8.66. The topological polar surface area (TPSA) is 41.4 Å². The number of aromatic nitrogens is 2. The Bertz CT molecular complexity index is 874. The van der Waals surface area contributed by atoms with Crippen LogP contribution in [0.2, 0.25) is 5.15 Å². The first-order valence-electron chi connectivity index (χ1n) is 11.1. The predicted octanol–water partition coefficient (Wildman–Crippen LogP) is 4.61. The van der Waals surface area contributed by atoms with E-state index in [1.54, 1.807) is 0 Å². The van der Waals surface area contributed by atoms with Gasteiger partial charge in [-0.25, -0.2) is 9.37 Å². The highest BCUT2D eigenvalue weighted by Crippen LogP contribution is 2.34. The fraction of sp³-hybridized carbons (Fsp3) is 0.565. The zero-order chi connectivity index (χ0) is 21.1. The summed E-state index contributed by atoms with van der Waals surface area (Å²) in [5, 5.41) is 0.392. The maximum Gasteiger partial charge on any atom is 0.289 e. The maximum atomic E-state index is 12.8. The van der Waals surface area contributed by atoms with Gasteiger partial charge in [0.2, 0.25) is 5.82 Å². The molecule has 1 aromatic heterocycles. The van der Waals surface area contributed by atoms with Gasteiger partial charge in [-0.2, -0.15) is 0 Å². The van der Waals surface area contributed by atoms with E-state index >= 15 is 0 Å². The number of piperidine rings is 1. The zero-order valence-electron chi connectivity index (χ0n) is 17.6. The Balaban J connectivity index is 1.50. The predicted molar refractivity (Wildman–Crippen MR) is 118 cm³/mol. The summed E-state index contributed by atoms with van der Waals surface area (Å²) in [6.07, 6.45) is 4.18. The van der Waals surface area contributed by atoms with Crippen molar-refractivity contribution in [2.24, 2.45) is 0 Å². The van der Waals surface area contributed by atoms with Crippen molar-refractivity contribution >= 4 is 17.5 Å². The van der Waals surface area contributed by atoms with Crippen LogP contribution in [-0.4, -0.2) is 64.7 Å². The van der Waals surface area contributed by atoms with Crippen molar-refractivity contribution in [3.05, 3.63) is 40.8 Å². The number of alkyl halides is 1. The molecule has 1 aromatic carbocycles. The van der Waals surface area contributed by atoms with Crippen molar-refractivity contribution < 1.29 is 9.18 Å². The lowest BCUT2D eigenvalue weighted by molar-refractivity contribution is 0.0695. The third-order valence-electron chi connectivity index (χ3n) is 6.42. The first-order valence-corrected chi connectivity index (χ1v) is 11.4. The number of benzene rings is 1. The zero-order valence-corrected chi connectivity index (χ0v) is 18.4. The highest BCUT2D eigenvalue weighted by molar-refractivity contribution is 6.32. The fourth-order valence-electron chi connectivity index (χ4n) is 4.63. The van der Waals surface area contributed by atoms with Gasteiger partial charge >= 0.3 is 0 Å². The summed E-state index contributed by atoms with van der Waals surface area (Å²) in [7, 11) is 0. The molecule has 1 saturated heterocycles. The summed E-state index contributed by atoms with van der Waals surface area (Å²) in [6, 6.07) is 8.51. The molecular formula is C23H30ClFN4O. The summed E-state index contributed by atoms with van der Waals surface area (Å²) >= 11 is 6.48. The van der Waals surface area contributed by atoms with Crippen molar-refractivity contribution in [3.63, 3.8) is 0 Å². The van der Waals surface area contributed by atoms with E-state index in [9.17, 15) is 9.18 Å². The van der Waals surface area contributed by atoms with Crippen LogP contribution in [0.4, 0.5) is 4.39 Å². The monoisotopic (exact) mass is 432 g/mol. The first-order chi connectivity index (χ1) is 14.6. The molecule has 0 saturated carbocycles. The Hall–Kier alpha value is -1.92. The van der Waals surface area contributed by atoms with E-state index in [0.717, 1.165) is 56.6 Å². The molecule has 0 aliphatic carbocycles. The maximum absolute atomic E-state index is 12.8. The molecule has 4 rings (SSSR count). The van der Waals surface area contributed by atoms with Gasteiger partial charge in [0.1, 0.15) is 6.67 Å². The average molecular weight is 433 g/mol. The van der Waals surface area contributed by atoms with Crippen LogP contribution in [0.5, 0.6) is 0 Å². The number of halogens is 2. The number of fused-ring (bicyclic) bond motifs is 1. The second-order valence-electron chi connectivity index (χ2n) is 8.30. The standard InChI is InChI=1S/C23H30ClFN4O/c1-2-3-11-28-15-16-29-20(21(24)26-22(29)23(28)30)19-6-4-17(5-7-19)18-8-12-27(13-9-18)14-10-25/h4-7,18H,2-3,8-16H2,1H3. The van der Waals surface area contributed by atoms with Crippen LogP contribution in [0.1, 0.15) is 54.7 Å². The molecule has 1 fully saturated rings. The van der Waals surface area contributed by atoms with E-state index in [4.69, 9.17) is 11.6 Å². The minimum absolute atomic E-state index is 0.0282. The van der Waals surface area contributed by atoms with Crippen LogP contribution in [0.3, 0.4) is 0 Å². The van der Waals surface area contributed by atoms with Crippen LogP contribution in [-0.2, 0) is 6.54 Å². The van der Waals surface area contributed by atoms with E-state index in [-0.39, 0.29) is 12.6 Å². The Labute approximate surface area is 182 Å². The van der Waals surface area contributed by atoms with Gasteiger partial charge in [-0.05, 0) is 43.8 Å². The summed E-state index contributed by atoms with van der Waals surface area (Å²) in [6.45, 7) is 6.49. The molecule has 0 spiro atoms. The first kappa shape index (κ1) is 21.3. The Morgan fingerprint density at radius 3 is 2.50 bits per heavy atom. The fourth-order valence-corrected chi connectivity index (χ4v) is 4.92. The Morgan fingerprint density at radius 1 is 1.10 bits per heavy atom. The molecule has 3 heterocycles. The minimum atomic E-state index is -0.269. The molecule has 30 heavy (non-hydrogen) atoms. The number of amides is 1. The third-order valence-corrected chi connectivity index (χ3v) is 6.69. The molecule has 5 nitrogen and oxygen atoms in total. The van der Waals surface area contributed by atoms with Gasteiger partial charge in [-0.1, -0.05) is 49.2 Å². The van der Waals surface area contributed by atoms with Crippen molar-refractivity contribution in [1.29, 1.82) is 0 Å². The van der Waals surface area contributed by atoms with Crippen molar-refractivity contribution in [2.75, 3.05) is 39.4 Å². The van der Waals surface area contributed by atoms with Gasteiger partial charge in [-0.15, -0.1) is 0 Å². The third kappa shape index (κ3) is 4.26. The molecule has 7 heteroatoms. The van der Waals surface area contributed by atoms with Crippen LogP contribution in [0, 0.1) is 0 Å². The van der Waals surface area contributed by atoms with E-state index < -0.39 is 0 Å². The van der Waals surface area contributed by atoms with Crippen molar-refractivity contribution in [1.82, 2.24) is 19.4 Å². The van der Waals surface area contributed by atoms with Gasteiger partial charge in [0.05, 0.1) is 5.69 Å². The van der Waals surface area contributed by atoms with E-state index in [1.165, 1.54) is 5.56 Å². The molecule has 2 aliphatic heterocycles. The number of rotatable bonds is 7. The Morgan fingerprint density at radius 2 is 1.83 bits per heavy atom. The second kappa shape index (κ2) is 9.48. The summed E-state index contributed by atoms with van der Waals surface area (Å²) in [4.78, 5) is 21.3. The quantitative estimate of drug-likeness (QED) is 0.641. The van der Waals surface area contributed by atoms with Gasteiger partial charge in [0.25, 0.3) is 5.91 Å². The van der Waals surface area contributed by atoms with E-state index in [2.05, 4.69) is 41.1 Å². The number of hydrogen-bond acceptors (Lipinski definition) is 3. The molecule has 0 radical (unpaired) electrons. The lowest BCUT2D eigenvalue weighted by atomic mass is 9.89. The molecule has 1 amide bonds. The number of hydrogen-bond donors (Lipinski definition) is 0. The summed E-state index contributed by atoms with van der Waals surface area (Å²) in [5.74, 6) is 0.930. The SMILES string of the molecule is CCCCN1CCn2c(nc(Cl)c2-c2ccc(C3CCN(CCF)CC3)cc2)C1=O. The molecule has 2 aromatic rings. The molecule has 0 unspecified atom stereocenters. The molecule has 0 bridgehead atoms. The molecule has 162 valence electrons. The Kier molecular flexibility index (Phi) is 6.74. The largest absolute Gasteiger partial charge is 0.334 e. The van der Waals surface area contributed by atoms with Gasteiger partial charge in [0.15, 0.2) is 5.15 Å². The normalized spacial score (nSPS) is 18.1. The van der Waals surface area contributed by atoms with Gasteiger partial charge in [0, 0.05) is 31.7 Å². The molecule has 0 atom stereocenters. The number of likely N-dealkylation sites (tertiary alicyclic amines) is 1. The van der Waals surface area contributed by atoms with Crippen LogP contribution in [0.25, 0.3) is 11.3 Å². The highest BCUT2D eigenvalue weighted by atomic mass is 35.5. The highest BCUT2D eigenvalue weighted by Gasteiger charge is 2.30. The number of carbonyl (C=O) groups excluding carboxylic acids is 1. The summed E-state index contributed by atoms with van der Waals surface area (Å²) in [5.41, 5.74) is 3.14. The molecule has 0 N–H and O–H groups in total. The lowest BCUT2D eigenvalue weighted by Crippen LogP contribution is -2.41. The number of carbonyl (C=O) groups is 1.